The van der Waals surface area contributed by atoms with Gasteiger partial charge in [0.25, 0.3) is 0 Å². The summed E-state index contributed by atoms with van der Waals surface area (Å²) in [5.41, 5.74) is 5.03. The third-order valence-electron chi connectivity index (χ3n) is 1.96. The van der Waals surface area contributed by atoms with Crippen LogP contribution in [0.4, 0.5) is 4.39 Å². The monoisotopic (exact) mass is 226 g/mol. The van der Waals surface area contributed by atoms with Gasteiger partial charge in [0.1, 0.15) is 18.2 Å². The molecular formula is C11H15FN2O2. The lowest BCUT2D eigenvalue weighted by Crippen LogP contribution is -2.33. The van der Waals surface area contributed by atoms with Crippen molar-refractivity contribution in [3.05, 3.63) is 30.1 Å². The third kappa shape index (κ3) is 4.75. The van der Waals surface area contributed by atoms with E-state index < -0.39 is 0 Å². The maximum Gasteiger partial charge on any atom is 0.231 e. The fraction of sp³-hybridized carbons (Fsp3) is 0.364. The molecule has 1 rings (SSSR count). The lowest BCUT2D eigenvalue weighted by molar-refractivity contribution is -0.118. The standard InChI is InChI=1S/C11H15FN2O2/c1-14(8-11(13)15)5-6-16-10-4-2-3-9(12)7-10/h2-4,7H,5-6,8H2,1H3,(H2,13,15). The lowest BCUT2D eigenvalue weighted by atomic mass is 10.3. The molecule has 0 spiro atoms. The van der Waals surface area contributed by atoms with Crippen LogP contribution >= 0.6 is 0 Å². The van der Waals surface area contributed by atoms with E-state index in [1.807, 2.05) is 0 Å². The molecular weight excluding hydrogens is 211 g/mol. The highest BCUT2D eigenvalue weighted by atomic mass is 19.1. The molecule has 1 aromatic rings. The summed E-state index contributed by atoms with van der Waals surface area (Å²) < 4.78 is 18.1. The SMILES string of the molecule is CN(CCOc1cccc(F)c1)CC(N)=O. The maximum atomic E-state index is 12.8. The minimum atomic E-state index is -0.381. The van der Waals surface area contributed by atoms with Crippen molar-refractivity contribution in [1.29, 1.82) is 0 Å². The first kappa shape index (κ1) is 12.4. The van der Waals surface area contributed by atoms with Gasteiger partial charge in [0.15, 0.2) is 0 Å². The van der Waals surface area contributed by atoms with Gasteiger partial charge in [0.2, 0.25) is 5.91 Å². The number of likely N-dealkylation sites (N-methyl/N-ethyl adjacent to an activating group) is 1. The summed E-state index contributed by atoms with van der Waals surface area (Å²) in [6.07, 6.45) is 0. The van der Waals surface area contributed by atoms with Crippen LogP contribution in [-0.2, 0) is 4.79 Å². The topological polar surface area (TPSA) is 55.6 Å². The van der Waals surface area contributed by atoms with Gasteiger partial charge in [-0.25, -0.2) is 4.39 Å². The molecule has 2 N–H and O–H groups in total. The predicted octanol–water partition coefficient (Wildman–Crippen LogP) is 0.622. The van der Waals surface area contributed by atoms with Crippen molar-refractivity contribution in [3.8, 4) is 5.75 Å². The largest absolute Gasteiger partial charge is 0.492 e. The molecule has 0 heterocycles. The predicted molar refractivity (Wildman–Crippen MR) is 58.6 cm³/mol. The summed E-state index contributed by atoms with van der Waals surface area (Å²) in [6, 6.07) is 5.93. The zero-order valence-electron chi connectivity index (χ0n) is 9.15. The first-order valence-corrected chi connectivity index (χ1v) is 4.93. The van der Waals surface area contributed by atoms with Crippen molar-refractivity contribution < 1.29 is 13.9 Å². The molecule has 0 fully saturated rings. The molecule has 5 heteroatoms. The highest BCUT2D eigenvalue weighted by Crippen LogP contribution is 2.11. The number of amides is 1. The van der Waals surface area contributed by atoms with Gasteiger partial charge in [-0.2, -0.15) is 0 Å². The van der Waals surface area contributed by atoms with E-state index in [9.17, 15) is 9.18 Å². The molecule has 16 heavy (non-hydrogen) atoms. The van der Waals surface area contributed by atoms with Gasteiger partial charge in [0, 0.05) is 12.6 Å². The zero-order chi connectivity index (χ0) is 12.0. The molecule has 0 unspecified atom stereocenters. The van der Waals surface area contributed by atoms with Gasteiger partial charge >= 0.3 is 0 Å². The second kappa shape index (κ2) is 6.07. The summed E-state index contributed by atoms with van der Waals surface area (Å²) in [5.74, 6) is -0.233. The number of carbonyl (C=O) groups excluding carboxylic acids is 1. The molecule has 0 saturated heterocycles. The minimum Gasteiger partial charge on any atom is -0.492 e. The Morgan fingerprint density at radius 3 is 2.94 bits per heavy atom. The van der Waals surface area contributed by atoms with Gasteiger partial charge in [-0.3, -0.25) is 9.69 Å². The van der Waals surface area contributed by atoms with Crippen molar-refractivity contribution in [2.75, 3.05) is 26.7 Å². The molecule has 0 aliphatic rings. The Labute approximate surface area is 93.8 Å². The number of nitrogens with two attached hydrogens (primary N) is 1. The summed E-state index contributed by atoms with van der Waals surface area (Å²) in [6.45, 7) is 1.12. The number of benzene rings is 1. The first-order chi connectivity index (χ1) is 7.58. The number of halogens is 1. The fourth-order valence-electron chi connectivity index (χ4n) is 1.22. The van der Waals surface area contributed by atoms with Crippen LogP contribution in [0.2, 0.25) is 0 Å². The van der Waals surface area contributed by atoms with Gasteiger partial charge in [-0.15, -0.1) is 0 Å². The Balaban J connectivity index is 2.27. The van der Waals surface area contributed by atoms with E-state index in [1.165, 1.54) is 12.1 Å². The number of nitrogens with zero attached hydrogens (tertiary/aromatic N) is 1. The van der Waals surface area contributed by atoms with E-state index >= 15 is 0 Å². The molecule has 0 radical (unpaired) electrons. The van der Waals surface area contributed by atoms with E-state index in [4.69, 9.17) is 10.5 Å². The molecule has 88 valence electrons. The molecule has 0 aliphatic carbocycles. The zero-order valence-corrected chi connectivity index (χ0v) is 9.15. The van der Waals surface area contributed by atoms with Crippen LogP contribution in [0.5, 0.6) is 5.75 Å². The van der Waals surface area contributed by atoms with Crippen LogP contribution in [0.25, 0.3) is 0 Å². The number of ether oxygens (including phenoxy) is 1. The van der Waals surface area contributed by atoms with Gasteiger partial charge in [-0.05, 0) is 19.2 Å². The first-order valence-electron chi connectivity index (χ1n) is 4.93. The van der Waals surface area contributed by atoms with E-state index in [2.05, 4.69) is 0 Å². The Morgan fingerprint density at radius 1 is 1.56 bits per heavy atom. The Morgan fingerprint density at radius 2 is 2.31 bits per heavy atom. The Hall–Kier alpha value is -1.62. The number of rotatable bonds is 6. The average Bonchev–Trinajstić information content (AvgIpc) is 2.16. The number of hydrogen-bond acceptors (Lipinski definition) is 3. The van der Waals surface area contributed by atoms with Crippen molar-refractivity contribution in [3.63, 3.8) is 0 Å². The maximum absolute atomic E-state index is 12.8. The molecule has 0 atom stereocenters. The van der Waals surface area contributed by atoms with E-state index in [0.717, 1.165) is 0 Å². The quantitative estimate of drug-likeness (QED) is 0.773. The van der Waals surface area contributed by atoms with E-state index in [1.54, 1.807) is 24.1 Å². The van der Waals surface area contributed by atoms with Crippen LogP contribution in [-0.4, -0.2) is 37.6 Å². The van der Waals surface area contributed by atoms with Crippen molar-refractivity contribution in [2.45, 2.75) is 0 Å². The Bertz CT molecular complexity index is 358. The second-order valence-corrected chi connectivity index (χ2v) is 3.51. The van der Waals surface area contributed by atoms with Crippen LogP contribution in [0.3, 0.4) is 0 Å². The molecule has 0 aliphatic heterocycles. The van der Waals surface area contributed by atoms with Crippen LogP contribution in [0, 0.1) is 5.82 Å². The van der Waals surface area contributed by atoms with Crippen LogP contribution in [0.1, 0.15) is 0 Å². The Kier molecular flexibility index (Phi) is 4.72. The molecule has 0 bridgehead atoms. The second-order valence-electron chi connectivity index (χ2n) is 3.51. The lowest BCUT2D eigenvalue weighted by Gasteiger charge is -2.14. The normalized spacial score (nSPS) is 10.4. The van der Waals surface area contributed by atoms with Gasteiger partial charge in [0.05, 0.1) is 6.54 Å². The molecule has 0 saturated carbocycles. The highest BCUT2D eigenvalue weighted by molar-refractivity contribution is 5.75. The van der Waals surface area contributed by atoms with E-state index in [0.29, 0.717) is 18.9 Å². The fourth-order valence-corrected chi connectivity index (χ4v) is 1.22. The molecule has 1 aromatic carbocycles. The average molecular weight is 226 g/mol. The third-order valence-corrected chi connectivity index (χ3v) is 1.96. The molecule has 4 nitrogen and oxygen atoms in total. The summed E-state index contributed by atoms with van der Waals surface area (Å²) >= 11 is 0. The number of primary amides is 1. The summed E-state index contributed by atoms with van der Waals surface area (Å²) in [4.78, 5) is 12.3. The van der Waals surface area contributed by atoms with E-state index in [-0.39, 0.29) is 18.3 Å². The van der Waals surface area contributed by atoms with Crippen molar-refractivity contribution >= 4 is 5.91 Å². The highest BCUT2D eigenvalue weighted by Gasteiger charge is 2.02. The summed E-state index contributed by atoms with van der Waals surface area (Å²) in [7, 11) is 1.76. The van der Waals surface area contributed by atoms with Crippen molar-refractivity contribution in [1.82, 2.24) is 4.90 Å². The number of hydrogen-bond donors (Lipinski definition) is 1. The number of carbonyl (C=O) groups is 1. The van der Waals surface area contributed by atoms with Gasteiger partial charge in [-0.1, -0.05) is 6.07 Å². The van der Waals surface area contributed by atoms with Crippen LogP contribution < -0.4 is 10.5 Å². The summed E-state index contributed by atoms with van der Waals surface area (Å²) in [5, 5.41) is 0. The molecule has 1 amide bonds. The molecule has 0 aromatic heterocycles. The smallest absolute Gasteiger partial charge is 0.231 e. The minimum absolute atomic E-state index is 0.187. The van der Waals surface area contributed by atoms with Gasteiger partial charge < -0.3 is 10.5 Å². The van der Waals surface area contributed by atoms with Crippen molar-refractivity contribution in [2.24, 2.45) is 5.73 Å². The van der Waals surface area contributed by atoms with Crippen LogP contribution in [0.15, 0.2) is 24.3 Å².